The minimum Gasteiger partial charge on any atom is -0.493 e. The Balaban J connectivity index is 1.59. The molecule has 1 aromatic heterocycles. The third kappa shape index (κ3) is 5.08. The summed E-state index contributed by atoms with van der Waals surface area (Å²) in [4.78, 5) is 18.0. The van der Waals surface area contributed by atoms with E-state index in [1.807, 2.05) is 54.7 Å². The number of pyridine rings is 1. The van der Waals surface area contributed by atoms with Crippen LogP contribution in [-0.4, -0.2) is 41.2 Å². The molecular formula is C26H28N2O4. The van der Waals surface area contributed by atoms with Gasteiger partial charge in [-0.2, -0.15) is 0 Å². The van der Waals surface area contributed by atoms with E-state index in [1.165, 1.54) is 0 Å². The molecule has 0 saturated carbocycles. The van der Waals surface area contributed by atoms with Gasteiger partial charge in [-0.1, -0.05) is 42.5 Å². The van der Waals surface area contributed by atoms with Crippen molar-refractivity contribution in [3.63, 3.8) is 0 Å². The van der Waals surface area contributed by atoms with Crippen molar-refractivity contribution in [3.05, 3.63) is 89.7 Å². The van der Waals surface area contributed by atoms with Crippen LogP contribution in [0.1, 0.15) is 35.6 Å². The van der Waals surface area contributed by atoms with Crippen molar-refractivity contribution in [1.82, 2.24) is 9.88 Å². The van der Waals surface area contributed by atoms with Crippen molar-refractivity contribution < 1.29 is 19.4 Å². The molecule has 1 aliphatic heterocycles. The highest BCUT2D eigenvalue weighted by Crippen LogP contribution is 2.37. The number of likely N-dealkylation sites (tertiary alicyclic amines) is 1. The lowest BCUT2D eigenvalue weighted by Crippen LogP contribution is -2.39. The maximum absolute atomic E-state index is 11.4. The van der Waals surface area contributed by atoms with E-state index < -0.39 is 5.97 Å². The second-order valence-electron chi connectivity index (χ2n) is 8.02. The summed E-state index contributed by atoms with van der Waals surface area (Å²) in [5.74, 6) is 0.385. The smallest absolute Gasteiger partial charge is 0.306 e. The minimum atomic E-state index is -0.704. The molecular weight excluding hydrogens is 404 g/mol. The number of aromatic nitrogens is 1. The van der Waals surface area contributed by atoms with Gasteiger partial charge in [-0.3, -0.25) is 14.7 Å². The molecule has 1 atom stereocenters. The summed E-state index contributed by atoms with van der Waals surface area (Å²) in [6.45, 7) is 1.89. The van der Waals surface area contributed by atoms with E-state index in [1.54, 1.807) is 13.3 Å². The second-order valence-corrected chi connectivity index (χ2v) is 8.02. The number of methoxy groups -OCH3 is 1. The molecule has 4 rings (SSSR count). The van der Waals surface area contributed by atoms with Crippen LogP contribution in [0.2, 0.25) is 0 Å². The summed E-state index contributed by atoms with van der Waals surface area (Å²) in [7, 11) is 1.64. The van der Waals surface area contributed by atoms with E-state index in [0.717, 1.165) is 16.7 Å². The van der Waals surface area contributed by atoms with Crippen LogP contribution in [0.5, 0.6) is 11.5 Å². The van der Waals surface area contributed by atoms with Gasteiger partial charge >= 0.3 is 5.97 Å². The number of benzene rings is 2. The molecule has 6 heteroatoms. The van der Waals surface area contributed by atoms with Crippen molar-refractivity contribution in [2.75, 3.05) is 20.2 Å². The highest BCUT2D eigenvalue weighted by Gasteiger charge is 2.30. The molecule has 1 saturated heterocycles. The van der Waals surface area contributed by atoms with Gasteiger partial charge in [0.05, 0.1) is 19.1 Å². The van der Waals surface area contributed by atoms with Crippen LogP contribution in [0.15, 0.2) is 73.1 Å². The van der Waals surface area contributed by atoms with Crippen LogP contribution in [0.4, 0.5) is 0 Å². The first-order valence-electron chi connectivity index (χ1n) is 10.9. The first-order valence-corrected chi connectivity index (χ1v) is 10.9. The summed E-state index contributed by atoms with van der Waals surface area (Å²) >= 11 is 0. The molecule has 6 nitrogen and oxygen atoms in total. The number of carboxylic acids is 1. The van der Waals surface area contributed by atoms with Gasteiger partial charge in [0, 0.05) is 12.4 Å². The molecule has 0 spiro atoms. The number of piperidine rings is 1. The Hall–Kier alpha value is -3.38. The fraction of sp³-hybridized carbons (Fsp3) is 0.308. The number of hydrogen-bond donors (Lipinski definition) is 1. The van der Waals surface area contributed by atoms with Crippen LogP contribution in [-0.2, 0) is 11.4 Å². The maximum Gasteiger partial charge on any atom is 0.306 e. The Kier molecular flexibility index (Phi) is 7.02. The predicted molar refractivity (Wildman–Crippen MR) is 122 cm³/mol. The number of rotatable bonds is 8. The molecule has 0 aliphatic carbocycles. The monoisotopic (exact) mass is 432 g/mol. The molecule has 0 amide bonds. The van der Waals surface area contributed by atoms with Gasteiger partial charge in [0.2, 0.25) is 0 Å². The zero-order chi connectivity index (χ0) is 22.3. The third-order valence-corrected chi connectivity index (χ3v) is 5.98. The molecule has 1 N–H and O–H groups in total. The molecule has 1 aliphatic rings. The number of hydrogen-bond acceptors (Lipinski definition) is 5. The lowest BCUT2D eigenvalue weighted by atomic mass is 9.92. The van der Waals surface area contributed by atoms with Crippen LogP contribution < -0.4 is 9.47 Å². The molecule has 3 aromatic rings. The Morgan fingerprint density at radius 1 is 1.06 bits per heavy atom. The van der Waals surface area contributed by atoms with E-state index in [2.05, 4.69) is 22.0 Å². The van der Waals surface area contributed by atoms with E-state index >= 15 is 0 Å². The number of nitrogens with zero attached hydrogens (tertiary/aromatic N) is 2. The SMILES string of the molecule is COc1cc(C(c2cccnc2)N2CCC(C(=O)O)CC2)ccc1OCc1ccccc1. The summed E-state index contributed by atoms with van der Waals surface area (Å²) < 4.78 is 11.7. The largest absolute Gasteiger partial charge is 0.493 e. The highest BCUT2D eigenvalue weighted by molar-refractivity contribution is 5.70. The van der Waals surface area contributed by atoms with Crippen LogP contribution >= 0.6 is 0 Å². The van der Waals surface area contributed by atoms with Gasteiger partial charge in [-0.15, -0.1) is 0 Å². The summed E-state index contributed by atoms with van der Waals surface area (Å²) in [5, 5.41) is 9.37. The van der Waals surface area contributed by atoms with E-state index in [9.17, 15) is 9.90 Å². The molecule has 32 heavy (non-hydrogen) atoms. The van der Waals surface area contributed by atoms with Gasteiger partial charge in [0.15, 0.2) is 11.5 Å². The Morgan fingerprint density at radius 3 is 2.50 bits per heavy atom. The Labute approximate surface area is 188 Å². The molecule has 1 fully saturated rings. The number of aliphatic carboxylic acids is 1. The van der Waals surface area contributed by atoms with Crippen molar-refractivity contribution in [1.29, 1.82) is 0 Å². The van der Waals surface area contributed by atoms with Crippen molar-refractivity contribution >= 4 is 5.97 Å². The molecule has 2 heterocycles. The molecule has 166 valence electrons. The van der Waals surface area contributed by atoms with Crippen LogP contribution in [0.25, 0.3) is 0 Å². The first kappa shape index (κ1) is 21.8. The van der Waals surface area contributed by atoms with Gasteiger partial charge in [0.1, 0.15) is 6.61 Å². The minimum absolute atomic E-state index is 0.0319. The first-order chi connectivity index (χ1) is 15.7. The van der Waals surface area contributed by atoms with Gasteiger partial charge in [-0.25, -0.2) is 0 Å². The summed E-state index contributed by atoms with van der Waals surface area (Å²) in [6, 6.07) is 20.0. The third-order valence-electron chi connectivity index (χ3n) is 5.98. The Bertz CT molecular complexity index is 1020. The standard InChI is InChI=1S/C26H28N2O4/c1-31-24-16-21(9-10-23(24)32-18-19-6-3-2-4-7-19)25(22-8-5-13-27-17-22)28-14-11-20(12-15-28)26(29)30/h2-10,13,16-17,20,25H,11-12,14-15,18H2,1H3,(H,29,30). The number of carbonyl (C=O) groups is 1. The van der Waals surface area contributed by atoms with Gasteiger partial charge < -0.3 is 14.6 Å². The number of carboxylic acid groups (broad SMARTS) is 1. The fourth-order valence-corrected chi connectivity index (χ4v) is 4.27. The topological polar surface area (TPSA) is 71.9 Å². The lowest BCUT2D eigenvalue weighted by molar-refractivity contribution is -0.143. The zero-order valence-corrected chi connectivity index (χ0v) is 18.2. The molecule has 0 bridgehead atoms. The van der Waals surface area contributed by atoms with Crippen molar-refractivity contribution in [3.8, 4) is 11.5 Å². The van der Waals surface area contributed by atoms with Crippen LogP contribution in [0.3, 0.4) is 0 Å². The highest BCUT2D eigenvalue weighted by atomic mass is 16.5. The van der Waals surface area contributed by atoms with Crippen molar-refractivity contribution in [2.45, 2.75) is 25.5 Å². The summed E-state index contributed by atoms with van der Waals surface area (Å²) in [5.41, 5.74) is 3.23. The zero-order valence-electron chi connectivity index (χ0n) is 18.2. The lowest BCUT2D eigenvalue weighted by Gasteiger charge is -2.37. The predicted octanol–water partition coefficient (Wildman–Crippen LogP) is 4.56. The quantitative estimate of drug-likeness (QED) is 0.563. The number of ether oxygens (including phenoxy) is 2. The molecule has 1 unspecified atom stereocenters. The van der Waals surface area contributed by atoms with Crippen molar-refractivity contribution in [2.24, 2.45) is 5.92 Å². The van der Waals surface area contributed by atoms with E-state index in [0.29, 0.717) is 44.0 Å². The second kappa shape index (κ2) is 10.3. The van der Waals surface area contributed by atoms with E-state index in [-0.39, 0.29) is 12.0 Å². The molecule has 2 aromatic carbocycles. The fourth-order valence-electron chi connectivity index (χ4n) is 4.27. The van der Waals surface area contributed by atoms with Gasteiger partial charge in [0.25, 0.3) is 0 Å². The maximum atomic E-state index is 11.4. The van der Waals surface area contributed by atoms with E-state index in [4.69, 9.17) is 9.47 Å². The van der Waals surface area contributed by atoms with Gasteiger partial charge in [-0.05, 0) is 60.8 Å². The van der Waals surface area contributed by atoms with Crippen LogP contribution in [0, 0.1) is 5.92 Å². The normalized spacial score (nSPS) is 15.8. The summed E-state index contributed by atoms with van der Waals surface area (Å²) in [6.07, 6.45) is 4.92. The Morgan fingerprint density at radius 2 is 1.84 bits per heavy atom. The molecule has 0 radical (unpaired) electrons. The average Bonchev–Trinajstić information content (AvgIpc) is 2.85. The average molecular weight is 433 g/mol.